The van der Waals surface area contributed by atoms with Crippen LogP contribution < -0.4 is 10.5 Å². The molecule has 0 fully saturated rings. The average Bonchev–Trinajstić information content (AvgIpc) is 2.14. The van der Waals surface area contributed by atoms with Gasteiger partial charge in [-0.05, 0) is 52.0 Å². The van der Waals surface area contributed by atoms with Crippen molar-refractivity contribution in [2.75, 3.05) is 5.75 Å². The Morgan fingerprint density at radius 1 is 1.25 bits per heavy atom. The summed E-state index contributed by atoms with van der Waals surface area (Å²) in [7, 11) is 0. The fourth-order valence-corrected chi connectivity index (χ4v) is 2.02. The molecule has 90 valence electrons. The first-order valence-corrected chi connectivity index (χ1v) is 6.54. The van der Waals surface area contributed by atoms with E-state index in [-0.39, 0.29) is 11.6 Å². The fraction of sp³-hybridized carbons (Fsp3) is 0.538. The first-order valence-electron chi connectivity index (χ1n) is 5.55. The molecule has 3 heteroatoms. The third kappa shape index (κ3) is 5.42. The summed E-state index contributed by atoms with van der Waals surface area (Å²) in [5, 5.41) is 0. The highest BCUT2D eigenvalue weighted by Gasteiger charge is 2.10. The number of nitrogens with two attached hydrogens (primary N) is 1. The molecule has 0 aliphatic carbocycles. The number of hydrogen-bond acceptors (Lipinski definition) is 3. The number of ether oxygens (including phenoxy) is 1. The van der Waals surface area contributed by atoms with Gasteiger partial charge in [0.05, 0.1) is 6.10 Å². The summed E-state index contributed by atoms with van der Waals surface area (Å²) in [5.41, 5.74) is 5.81. The van der Waals surface area contributed by atoms with Crippen molar-refractivity contribution in [1.82, 2.24) is 0 Å². The van der Waals surface area contributed by atoms with E-state index in [4.69, 9.17) is 10.5 Å². The van der Waals surface area contributed by atoms with Crippen LogP contribution in [-0.4, -0.2) is 17.4 Å². The van der Waals surface area contributed by atoms with Gasteiger partial charge < -0.3 is 10.5 Å². The van der Waals surface area contributed by atoms with Gasteiger partial charge >= 0.3 is 0 Å². The maximum absolute atomic E-state index is 5.93. The maximum atomic E-state index is 5.93. The Bertz CT molecular complexity index is 314. The number of benzene rings is 1. The zero-order chi connectivity index (χ0) is 12.2. The van der Waals surface area contributed by atoms with Crippen LogP contribution in [0.2, 0.25) is 0 Å². The van der Waals surface area contributed by atoms with Crippen LogP contribution in [0.5, 0.6) is 5.75 Å². The van der Waals surface area contributed by atoms with Crippen molar-refractivity contribution >= 4 is 11.8 Å². The van der Waals surface area contributed by atoms with Gasteiger partial charge in [-0.3, -0.25) is 0 Å². The highest BCUT2D eigenvalue weighted by Crippen LogP contribution is 2.24. The molecule has 0 unspecified atom stereocenters. The van der Waals surface area contributed by atoms with Crippen LogP contribution in [0.15, 0.2) is 29.2 Å². The molecule has 0 radical (unpaired) electrons. The molecule has 2 N–H and O–H groups in total. The van der Waals surface area contributed by atoms with E-state index in [1.54, 1.807) is 11.8 Å². The van der Waals surface area contributed by atoms with Gasteiger partial charge in [-0.1, -0.05) is 0 Å². The van der Waals surface area contributed by atoms with Crippen LogP contribution in [-0.2, 0) is 0 Å². The number of hydrogen-bond donors (Lipinski definition) is 1. The minimum atomic E-state index is -0.127. The van der Waals surface area contributed by atoms with Crippen molar-refractivity contribution in [3.63, 3.8) is 0 Å². The molecule has 0 atom stereocenters. The normalized spacial score (nSPS) is 11.9. The lowest BCUT2D eigenvalue weighted by Gasteiger charge is -2.17. The SMILES string of the molecule is CC(C)Oc1ccc(SCC(C)(C)N)cc1. The Morgan fingerprint density at radius 3 is 2.25 bits per heavy atom. The quantitative estimate of drug-likeness (QED) is 0.801. The van der Waals surface area contributed by atoms with Gasteiger partial charge in [0.2, 0.25) is 0 Å². The van der Waals surface area contributed by atoms with Crippen LogP contribution in [0.25, 0.3) is 0 Å². The minimum Gasteiger partial charge on any atom is -0.491 e. The molecular weight excluding hydrogens is 218 g/mol. The average molecular weight is 239 g/mol. The van der Waals surface area contributed by atoms with Gasteiger partial charge in [0.25, 0.3) is 0 Å². The van der Waals surface area contributed by atoms with E-state index < -0.39 is 0 Å². The monoisotopic (exact) mass is 239 g/mol. The third-order valence-electron chi connectivity index (χ3n) is 1.81. The summed E-state index contributed by atoms with van der Waals surface area (Å²) in [6.07, 6.45) is 0.224. The summed E-state index contributed by atoms with van der Waals surface area (Å²) < 4.78 is 5.58. The fourth-order valence-electron chi connectivity index (χ4n) is 1.16. The second-order valence-corrected chi connectivity index (χ2v) is 5.96. The molecule has 0 aromatic heterocycles. The molecular formula is C13H21NOS. The number of rotatable bonds is 5. The lowest BCUT2D eigenvalue weighted by molar-refractivity contribution is 0.242. The van der Waals surface area contributed by atoms with Crippen molar-refractivity contribution in [1.29, 1.82) is 0 Å². The standard InChI is InChI=1S/C13H21NOS/c1-10(2)15-11-5-7-12(8-6-11)16-9-13(3,4)14/h5-8,10H,9,14H2,1-4H3. The molecule has 1 rings (SSSR count). The van der Waals surface area contributed by atoms with Gasteiger partial charge in [-0.2, -0.15) is 0 Å². The van der Waals surface area contributed by atoms with Crippen molar-refractivity contribution in [2.24, 2.45) is 5.73 Å². The smallest absolute Gasteiger partial charge is 0.119 e. The van der Waals surface area contributed by atoms with E-state index in [2.05, 4.69) is 12.1 Å². The lowest BCUT2D eigenvalue weighted by Crippen LogP contribution is -2.34. The topological polar surface area (TPSA) is 35.2 Å². The van der Waals surface area contributed by atoms with Gasteiger partial charge in [0, 0.05) is 16.2 Å². The van der Waals surface area contributed by atoms with Crippen LogP contribution in [0, 0.1) is 0 Å². The molecule has 0 bridgehead atoms. The lowest BCUT2D eigenvalue weighted by atomic mass is 10.1. The Kier molecular flexibility index (Phi) is 4.69. The van der Waals surface area contributed by atoms with E-state index >= 15 is 0 Å². The van der Waals surface area contributed by atoms with Crippen LogP contribution >= 0.6 is 11.8 Å². The highest BCUT2D eigenvalue weighted by atomic mass is 32.2. The number of thioether (sulfide) groups is 1. The Hall–Kier alpha value is -0.670. The summed E-state index contributed by atoms with van der Waals surface area (Å²) in [4.78, 5) is 1.23. The second-order valence-electron chi connectivity index (χ2n) is 4.92. The first kappa shape index (κ1) is 13.4. The Morgan fingerprint density at radius 2 is 1.81 bits per heavy atom. The largest absolute Gasteiger partial charge is 0.491 e. The summed E-state index contributed by atoms with van der Waals surface area (Å²) >= 11 is 1.77. The molecule has 0 spiro atoms. The molecule has 1 aromatic carbocycles. The van der Waals surface area contributed by atoms with E-state index in [9.17, 15) is 0 Å². The maximum Gasteiger partial charge on any atom is 0.119 e. The molecule has 0 saturated carbocycles. The van der Waals surface area contributed by atoms with Crippen molar-refractivity contribution in [2.45, 2.75) is 44.2 Å². The van der Waals surface area contributed by atoms with Gasteiger partial charge in [-0.15, -0.1) is 11.8 Å². The molecule has 0 aliphatic rings. The van der Waals surface area contributed by atoms with Gasteiger partial charge in [-0.25, -0.2) is 0 Å². The van der Waals surface area contributed by atoms with Gasteiger partial charge in [0.1, 0.15) is 5.75 Å². The van der Waals surface area contributed by atoms with Crippen LogP contribution in [0.4, 0.5) is 0 Å². The molecule has 16 heavy (non-hydrogen) atoms. The molecule has 0 aliphatic heterocycles. The minimum absolute atomic E-state index is 0.127. The third-order valence-corrected chi connectivity index (χ3v) is 3.30. The van der Waals surface area contributed by atoms with Crippen molar-refractivity contribution in [3.05, 3.63) is 24.3 Å². The van der Waals surface area contributed by atoms with E-state index in [1.165, 1.54) is 4.90 Å². The van der Waals surface area contributed by atoms with Crippen LogP contribution in [0.3, 0.4) is 0 Å². The Labute approximate surface area is 103 Å². The Balaban J connectivity index is 2.51. The summed E-state index contributed by atoms with van der Waals surface area (Å²) in [6.45, 7) is 8.13. The van der Waals surface area contributed by atoms with Crippen molar-refractivity contribution in [3.8, 4) is 5.75 Å². The zero-order valence-corrected chi connectivity index (χ0v) is 11.3. The summed E-state index contributed by atoms with van der Waals surface area (Å²) in [5.74, 6) is 1.84. The van der Waals surface area contributed by atoms with Gasteiger partial charge in [0.15, 0.2) is 0 Å². The highest BCUT2D eigenvalue weighted by molar-refractivity contribution is 7.99. The van der Waals surface area contributed by atoms with E-state index in [0.717, 1.165) is 11.5 Å². The zero-order valence-electron chi connectivity index (χ0n) is 10.5. The van der Waals surface area contributed by atoms with Crippen molar-refractivity contribution < 1.29 is 4.74 Å². The second kappa shape index (κ2) is 5.60. The van der Waals surface area contributed by atoms with E-state index in [1.807, 2.05) is 39.8 Å². The molecule has 0 heterocycles. The predicted molar refractivity (Wildman–Crippen MR) is 71.2 cm³/mol. The van der Waals surface area contributed by atoms with E-state index in [0.29, 0.717) is 0 Å². The first-order chi connectivity index (χ1) is 7.37. The molecule has 0 amide bonds. The predicted octanol–water partition coefficient (Wildman–Crippen LogP) is 3.30. The van der Waals surface area contributed by atoms with Crippen LogP contribution in [0.1, 0.15) is 27.7 Å². The molecule has 2 nitrogen and oxygen atoms in total. The molecule has 1 aromatic rings. The molecule has 0 saturated heterocycles. The summed E-state index contributed by atoms with van der Waals surface area (Å²) in [6, 6.07) is 8.17.